The Balaban J connectivity index is 1.86. The molecule has 1 aliphatic rings. The van der Waals surface area contributed by atoms with Crippen molar-refractivity contribution in [3.8, 4) is 5.75 Å². The van der Waals surface area contributed by atoms with E-state index in [9.17, 15) is 18.9 Å². The second-order valence-electron chi connectivity index (χ2n) is 8.76. The number of halogens is 2. The van der Waals surface area contributed by atoms with Crippen molar-refractivity contribution in [1.82, 2.24) is 10.2 Å². The van der Waals surface area contributed by atoms with Crippen molar-refractivity contribution in [2.45, 2.75) is 19.0 Å². The van der Waals surface area contributed by atoms with Crippen LogP contribution >= 0.6 is 0 Å². The first-order chi connectivity index (χ1) is 17.1. The number of anilines is 3. The number of ether oxygens (including phenoxy) is 1. The Morgan fingerprint density at radius 1 is 1.28 bits per heavy atom. The molecule has 1 heterocycles. The third-order valence-electron chi connectivity index (χ3n) is 5.99. The van der Waals surface area contributed by atoms with Gasteiger partial charge in [-0.1, -0.05) is 18.2 Å². The second kappa shape index (κ2) is 11.8. The van der Waals surface area contributed by atoms with Crippen LogP contribution in [0.25, 0.3) is 0 Å². The Kier molecular flexibility index (Phi) is 8.86. The summed E-state index contributed by atoms with van der Waals surface area (Å²) in [5, 5.41) is 18.1. The van der Waals surface area contributed by atoms with Crippen LogP contribution in [0.5, 0.6) is 5.75 Å². The number of alkyl halides is 2. The molecule has 196 valence electrons. The number of benzene rings is 2. The van der Waals surface area contributed by atoms with Gasteiger partial charge in [-0.05, 0) is 25.7 Å². The normalized spacial score (nSPS) is 15.3. The molecule has 0 radical (unpaired) electrons. The molecule has 0 bridgehead atoms. The zero-order valence-electron chi connectivity index (χ0n) is 21.2. The maximum absolute atomic E-state index is 13.3. The first-order valence-corrected chi connectivity index (χ1v) is 11.5. The molecule has 0 aliphatic carbocycles. The van der Waals surface area contributed by atoms with E-state index in [1.165, 1.54) is 13.2 Å². The van der Waals surface area contributed by atoms with Gasteiger partial charge in [-0.25, -0.2) is 8.78 Å². The number of methoxy groups -OCH3 is 1. The smallest absolute Gasteiger partial charge is 0.294 e. The lowest BCUT2D eigenvalue weighted by molar-refractivity contribution is -0.384. The Labute approximate surface area is 209 Å². The van der Waals surface area contributed by atoms with E-state index in [0.29, 0.717) is 36.6 Å². The van der Waals surface area contributed by atoms with E-state index in [2.05, 4.69) is 15.6 Å². The fraction of sp³-hybridized carbons (Fsp3) is 0.458. The van der Waals surface area contributed by atoms with Crippen LogP contribution in [0.3, 0.4) is 0 Å². The van der Waals surface area contributed by atoms with Gasteiger partial charge in [0.25, 0.3) is 12.1 Å². The third kappa shape index (κ3) is 6.30. The molecule has 1 unspecified atom stereocenters. The topological polar surface area (TPSA) is 98.5 Å². The molecule has 0 fully saturated rings. The molecule has 0 spiro atoms. The molecule has 1 aliphatic heterocycles. The predicted octanol–water partition coefficient (Wildman–Crippen LogP) is 3.24. The minimum atomic E-state index is -2.52. The van der Waals surface area contributed by atoms with Gasteiger partial charge < -0.3 is 30.1 Å². The summed E-state index contributed by atoms with van der Waals surface area (Å²) in [4.78, 5) is 21.1. The van der Waals surface area contributed by atoms with Crippen LogP contribution in [0.4, 0.5) is 31.5 Å². The summed E-state index contributed by atoms with van der Waals surface area (Å²) in [5.74, 6) is 0.655. The number of nitrogens with one attached hydrogen (secondary N) is 2. The van der Waals surface area contributed by atoms with E-state index < -0.39 is 24.1 Å². The van der Waals surface area contributed by atoms with Crippen molar-refractivity contribution >= 4 is 28.7 Å². The molecule has 0 amide bonds. The first kappa shape index (κ1) is 26.9. The molecular weight excluding hydrogens is 472 g/mol. The van der Waals surface area contributed by atoms with E-state index in [-0.39, 0.29) is 11.6 Å². The van der Waals surface area contributed by atoms with Crippen LogP contribution in [-0.4, -0.2) is 83.3 Å². The van der Waals surface area contributed by atoms with E-state index in [0.717, 1.165) is 11.3 Å². The van der Waals surface area contributed by atoms with Crippen molar-refractivity contribution in [3.05, 3.63) is 52.1 Å². The van der Waals surface area contributed by atoms with Gasteiger partial charge in [0.15, 0.2) is 5.96 Å². The fourth-order valence-electron chi connectivity index (χ4n) is 4.14. The highest BCUT2D eigenvalue weighted by atomic mass is 19.3. The standard InChI is InChI=1S/C24H33F2N7O3/c1-27-24(29-23-12-16-8-6-7-9-18(16)32(23)15-22(25)26)28-17-13-20(33(34)35)19(14-21(17)36-5)31(4)11-10-30(2)3/h6-9,13-14,22-23H,10-12,15H2,1-5H3,(H2,27,28,29). The number of nitro groups is 1. The van der Waals surface area contributed by atoms with Crippen LogP contribution in [0.2, 0.25) is 0 Å². The monoisotopic (exact) mass is 505 g/mol. The second-order valence-corrected chi connectivity index (χ2v) is 8.76. The SMILES string of the molecule is CN=C(Nc1cc([N+](=O)[O-])c(N(C)CCN(C)C)cc1OC)NC1Cc2ccccc2N1CC(F)F. The molecule has 0 saturated heterocycles. The van der Waals surface area contributed by atoms with Gasteiger partial charge in [-0.15, -0.1) is 0 Å². The highest BCUT2D eigenvalue weighted by Gasteiger charge is 2.32. The van der Waals surface area contributed by atoms with Gasteiger partial charge in [0.05, 0.1) is 24.3 Å². The maximum Gasteiger partial charge on any atom is 0.294 e. The summed E-state index contributed by atoms with van der Waals surface area (Å²) in [6.07, 6.45) is -2.49. The Morgan fingerprint density at radius 3 is 2.61 bits per heavy atom. The van der Waals surface area contributed by atoms with Crippen molar-refractivity contribution in [3.63, 3.8) is 0 Å². The fourth-order valence-corrected chi connectivity index (χ4v) is 4.14. The first-order valence-electron chi connectivity index (χ1n) is 11.5. The number of aliphatic imine (C=N–C) groups is 1. The number of hydrogen-bond donors (Lipinski definition) is 2. The lowest BCUT2D eigenvalue weighted by Gasteiger charge is -2.29. The number of likely N-dealkylation sites (N-methyl/N-ethyl adjacent to an activating group) is 2. The van der Waals surface area contributed by atoms with E-state index in [1.54, 1.807) is 30.0 Å². The summed E-state index contributed by atoms with van der Waals surface area (Å²) in [6, 6.07) is 10.4. The molecule has 2 aromatic rings. The van der Waals surface area contributed by atoms with Gasteiger partial charge >= 0.3 is 0 Å². The van der Waals surface area contributed by atoms with Crippen molar-refractivity contribution < 1.29 is 18.4 Å². The molecule has 2 N–H and O–H groups in total. The summed E-state index contributed by atoms with van der Waals surface area (Å²) in [6.45, 7) is 0.856. The summed E-state index contributed by atoms with van der Waals surface area (Å²) < 4.78 is 32.2. The van der Waals surface area contributed by atoms with Gasteiger partial charge in [-0.2, -0.15) is 0 Å². The number of rotatable bonds is 10. The number of fused-ring (bicyclic) bond motifs is 1. The van der Waals surface area contributed by atoms with Crippen molar-refractivity contribution in [2.75, 3.05) is 70.1 Å². The molecule has 10 nitrogen and oxygen atoms in total. The third-order valence-corrected chi connectivity index (χ3v) is 5.99. The lowest BCUT2D eigenvalue weighted by Crippen LogP contribution is -2.50. The highest BCUT2D eigenvalue weighted by Crippen LogP contribution is 2.38. The van der Waals surface area contributed by atoms with Crippen LogP contribution < -0.4 is 25.2 Å². The minimum Gasteiger partial charge on any atom is -0.494 e. The quantitative estimate of drug-likeness (QED) is 0.220. The molecule has 12 heteroatoms. The van der Waals surface area contributed by atoms with Crippen molar-refractivity contribution in [1.29, 1.82) is 0 Å². The predicted molar refractivity (Wildman–Crippen MR) is 139 cm³/mol. The van der Waals surface area contributed by atoms with Crippen molar-refractivity contribution in [2.24, 2.45) is 4.99 Å². The Bertz CT molecular complexity index is 1100. The van der Waals surface area contributed by atoms with E-state index in [1.807, 2.05) is 43.3 Å². The largest absolute Gasteiger partial charge is 0.494 e. The van der Waals surface area contributed by atoms with Gasteiger partial charge in [0, 0.05) is 51.4 Å². The van der Waals surface area contributed by atoms with Crippen LogP contribution in [-0.2, 0) is 6.42 Å². The summed E-state index contributed by atoms with van der Waals surface area (Å²) >= 11 is 0. The minimum absolute atomic E-state index is 0.0948. The molecule has 0 aromatic heterocycles. The maximum atomic E-state index is 13.3. The highest BCUT2D eigenvalue weighted by molar-refractivity contribution is 5.96. The Hall–Kier alpha value is -3.67. The molecule has 0 saturated carbocycles. The van der Waals surface area contributed by atoms with Crippen LogP contribution in [0.1, 0.15) is 5.56 Å². The number of guanidine groups is 1. The van der Waals surface area contributed by atoms with E-state index in [4.69, 9.17) is 4.74 Å². The van der Waals surface area contributed by atoms with E-state index >= 15 is 0 Å². The average molecular weight is 506 g/mol. The molecular formula is C24H33F2N7O3. The summed E-state index contributed by atoms with van der Waals surface area (Å²) in [5.41, 5.74) is 2.34. The summed E-state index contributed by atoms with van der Waals surface area (Å²) in [7, 11) is 8.66. The molecule has 1 atom stereocenters. The van der Waals surface area contributed by atoms with Crippen LogP contribution in [0.15, 0.2) is 41.4 Å². The number of nitro benzene ring substituents is 1. The number of para-hydroxylation sites is 1. The average Bonchev–Trinajstić information content (AvgIpc) is 3.17. The van der Waals surface area contributed by atoms with Gasteiger partial charge in [0.2, 0.25) is 0 Å². The molecule has 36 heavy (non-hydrogen) atoms. The lowest BCUT2D eigenvalue weighted by atomic mass is 10.1. The molecule has 3 rings (SSSR count). The Morgan fingerprint density at radius 2 is 2.00 bits per heavy atom. The zero-order valence-corrected chi connectivity index (χ0v) is 21.2. The van der Waals surface area contributed by atoms with Crippen LogP contribution in [0, 0.1) is 10.1 Å². The molecule has 2 aromatic carbocycles. The number of hydrogen-bond acceptors (Lipinski definition) is 7. The number of nitrogens with zero attached hydrogens (tertiary/aromatic N) is 5. The van der Waals surface area contributed by atoms with Gasteiger partial charge in [0.1, 0.15) is 17.6 Å². The van der Waals surface area contributed by atoms with Gasteiger partial charge in [-0.3, -0.25) is 15.1 Å². The zero-order chi connectivity index (χ0) is 26.4.